The number of amides is 3. The van der Waals surface area contributed by atoms with Crippen LogP contribution in [0.5, 0.6) is 0 Å². The van der Waals surface area contributed by atoms with Crippen LogP contribution in [0.1, 0.15) is 37.7 Å². The molecule has 1 aromatic heterocycles. The van der Waals surface area contributed by atoms with Gasteiger partial charge in [-0.15, -0.1) is 11.3 Å². The molecule has 1 unspecified atom stereocenters. The first kappa shape index (κ1) is 23.1. The summed E-state index contributed by atoms with van der Waals surface area (Å²) in [6.45, 7) is 0. The van der Waals surface area contributed by atoms with E-state index in [0.717, 1.165) is 5.56 Å². The molecule has 1 aliphatic heterocycles. The second kappa shape index (κ2) is 10.3. The summed E-state index contributed by atoms with van der Waals surface area (Å²) in [5.74, 6) is -2.05. The SMILES string of the molecule is COC(=O)c1nc(NC(=O)CC2NC(=O)c3ccccc3NC2=O)sc1CCc1ccccc1. The van der Waals surface area contributed by atoms with Crippen molar-refractivity contribution in [2.24, 2.45) is 0 Å². The number of esters is 1. The highest BCUT2D eigenvalue weighted by Gasteiger charge is 2.30. The van der Waals surface area contributed by atoms with Gasteiger partial charge < -0.3 is 20.7 Å². The molecule has 2 aromatic carbocycles. The van der Waals surface area contributed by atoms with E-state index in [9.17, 15) is 19.2 Å². The highest BCUT2D eigenvalue weighted by molar-refractivity contribution is 7.16. The summed E-state index contributed by atoms with van der Waals surface area (Å²) in [7, 11) is 1.27. The quantitative estimate of drug-likeness (QED) is 0.448. The Morgan fingerprint density at radius 3 is 2.56 bits per heavy atom. The van der Waals surface area contributed by atoms with Gasteiger partial charge in [0.1, 0.15) is 6.04 Å². The largest absolute Gasteiger partial charge is 0.464 e. The minimum Gasteiger partial charge on any atom is -0.464 e. The Labute approximate surface area is 199 Å². The predicted molar refractivity (Wildman–Crippen MR) is 127 cm³/mol. The first-order valence-corrected chi connectivity index (χ1v) is 11.4. The molecule has 10 heteroatoms. The topological polar surface area (TPSA) is 126 Å². The molecule has 0 saturated heterocycles. The van der Waals surface area contributed by atoms with Crippen LogP contribution in [0, 0.1) is 0 Å². The van der Waals surface area contributed by atoms with E-state index < -0.39 is 29.7 Å². The van der Waals surface area contributed by atoms with Crippen molar-refractivity contribution >= 4 is 45.8 Å². The zero-order valence-electron chi connectivity index (χ0n) is 18.3. The maximum absolute atomic E-state index is 12.7. The average molecular weight is 479 g/mol. The second-order valence-corrected chi connectivity index (χ2v) is 8.66. The van der Waals surface area contributed by atoms with Crippen molar-refractivity contribution in [1.29, 1.82) is 0 Å². The monoisotopic (exact) mass is 478 g/mol. The summed E-state index contributed by atoms with van der Waals surface area (Å²) in [6, 6.07) is 15.3. The minimum absolute atomic E-state index is 0.148. The number of carbonyl (C=O) groups is 4. The van der Waals surface area contributed by atoms with E-state index in [1.807, 2.05) is 30.3 Å². The summed E-state index contributed by atoms with van der Waals surface area (Å²) in [5, 5.41) is 8.10. The van der Waals surface area contributed by atoms with Crippen LogP contribution >= 0.6 is 11.3 Å². The number of fused-ring (bicyclic) bond motifs is 1. The van der Waals surface area contributed by atoms with Crippen molar-refractivity contribution in [2.45, 2.75) is 25.3 Å². The van der Waals surface area contributed by atoms with Crippen LogP contribution in [-0.4, -0.2) is 41.8 Å². The predicted octanol–water partition coefficient (Wildman–Crippen LogP) is 2.79. The van der Waals surface area contributed by atoms with E-state index in [0.29, 0.717) is 29.0 Å². The Kier molecular flexibility index (Phi) is 6.98. The summed E-state index contributed by atoms with van der Waals surface area (Å²) < 4.78 is 4.83. The molecule has 0 spiro atoms. The summed E-state index contributed by atoms with van der Waals surface area (Å²) in [5.41, 5.74) is 1.96. The number of thiazole rings is 1. The molecule has 2 heterocycles. The van der Waals surface area contributed by atoms with Gasteiger partial charge in [0.2, 0.25) is 11.8 Å². The van der Waals surface area contributed by atoms with Crippen molar-refractivity contribution in [3.05, 3.63) is 76.3 Å². The van der Waals surface area contributed by atoms with Gasteiger partial charge in [-0.2, -0.15) is 0 Å². The molecule has 4 rings (SSSR count). The number of nitrogens with one attached hydrogen (secondary N) is 3. The molecule has 9 nitrogen and oxygen atoms in total. The number of anilines is 2. The van der Waals surface area contributed by atoms with Crippen LogP contribution in [0.25, 0.3) is 0 Å². The van der Waals surface area contributed by atoms with Gasteiger partial charge in [-0.3, -0.25) is 14.4 Å². The van der Waals surface area contributed by atoms with E-state index in [4.69, 9.17) is 4.74 Å². The number of nitrogens with zero attached hydrogens (tertiary/aromatic N) is 1. The Morgan fingerprint density at radius 2 is 1.79 bits per heavy atom. The lowest BCUT2D eigenvalue weighted by Gasteiger charge is -2.13. The highest BCUT2D eigenvalue weighted by Crippen LogP contribution is 2.26. The number of carbonyl (C=O) groups excluding carboxylic acids is 4. The number of para-hydroxylation sites is 1. The third-order valence-corrected chi connectivity index (χ3v) is 6.28. The molecule has 0 bridgehead atoms. The smallest absolute Gasteiger partial charge is 0.357 e. The molecule has 174 valence electrons. The molecule has 0 saturated carbocycles. The summed E-state index contributed by atoms with van der Waals surface area (Å²) in [4.78, 5) is 54.8. The Morgan fingerprint density at radius 1 is 1.06 bits per heavy atom. The Bertz CT molecular complexity index is 1240. The van der Waals surface area contributed by atoms with Gasteiger partial charge in [0.25, 0.3) is 5.91 Å². The molecule has 3 N–H and O–H groups in total. The lowest BCUT2D eigenvalue weighted by molar-refractivity contribution is -0.122. The highest BCUT2D eigenvalue weighted by atomic mass is 32.1. The standard InChI is InChI=1S/C24H22N4O5S/c1-33-23(32)20-18(12-11-14-7-3-2-4-8-14)34-24(28-20)27-19(29)13-17-22(31)25-16-10-6-5-9-15(16)21(30)26-17/h2-10,17H,11-13H2,1H3,(H,25,31)(H,26,30)(H,27,28,29). The first-order chi connectivity index (χ1) is 16.4. The van der Waals surface area contributed by atoms with Gasteiger partial charge >= 0.3 is 5.97 Å². The molecule has 1 atom stereocenters. The van der Waals surface area contributed by atoms with Gasteiger partial charge in [-0.1, -0.05) is 42.5 Å². The number of ether oxygens (including phenoxy) is 1. The number of hydrogen-bond acceptors (Lipinski definition) is 7. The number of hydrogen-bond donors (Lipinski definition) is 3. The maximum atomic E-state index is 12.7. The van der Waals surface area contributed by atoms with Crippen LogP contribution < -0.4 is 16.0 Å². The maximum Gasteiger partial charge on any atom is 0.357 e. The fraction of sp³-hybridized carbons (Fsp3) is 0.208. The minimum atomic E-state index is -1.06. The molecular formula is C24H22N4O5S. The average Bonchev–Trinajstić information content (AvgIpc) is 3.19. The van der Waals surface area contributed by atoms with E-state index in [-0.39, 0.29) is 17.2 Å². The fourth-order valence-electron chi connectivity index (χ4n) is 3.54. The number of aryl methyl sites for hydroxylation is 2. The van der Waals surface area contributed by atoms with E-state index in [1.165, 1.54) is 18.4 Å². The van der Waals surface area contributed by atoms with Crippen molar-refractivity contribution in [3.8, 4) is 0 Å². The van der Waals surface area contributed by atoms with Gasteiger partial charge in [-0.25, -0.2) is 9.78 Å². The molecular weight excluding hydrogens is 456 g/mol. The van der Waals surface area contributed by atoms with Crippen molar-refractivity contribution in [1.82, 2.24) is 10.3 Å². The summed E-state index contributed by atoms with van der Waals surface area (Å²) in [6.07, 6.45) is 0.939. The zero-order valence-corrected chi connectivity index (χ0v) is 19.1. The fourth-order valence-corrected chi connectivity index (χ4v) is 4.51. The van der Waals surface area contributed by atoms with Crippen molar-refractivity contribution in [2.75, 3.05) is 17.7 Å². The molecule has 3 aromatic rings. The van der Waals surface area contributed by atoms with Crippen LogP contribution in [0.4, 0.5) is 10.8 Å². The van der Waals surface area contributed by atoms with Crippen LogP contribution in [0.3, 0.4) is 0 Å². The normalized spacial score (nSPS) is 14.9. The van der Waals surface area contributed by atoms with E-state index in [2.05, 4.69) is 20.9 Å². The van der Waals surface area contributed by atoms with Crippen LogP contribution in [-0.2, 0) is 27.2 Å². The third-order valence-electron chi connectivity index (χ3n) is 5.25. The molecule has 1 aliphatic rings. The molecule has 34 heavy (non-hydrogen) atoms. The number of methoxy groups -OCH3 is 1. The lowest BCUT2D eigenvalue weighted by Crippen LogP contribution is -2.43. The van der Waals surface area contributed by atoms with Gasteiger partial charge in [0, 0.05) is 4.88 Å². The number of benzene rings is 2. The second-order valence-electron chi connectivity index (χ2n) is 7.58. The molecule has 0 fully saturated rings. The number of aromatic nitrogens is 1. The van der Waals surface area contributed by atoms with Gasteiger partial charge in [-0.05, 0) is 30.5 Å². The van der Waals surface area contributed by atoms with Crippen molar-refractivity contribution < 1.29 is 23.9 Å². The third kappa shape index (κ3) is 5.29. The lowest BCUT2D eigenvalue weighted by atomic mass is 10.1. The Balaban J connectivity index is 1.44. The van der Waals surface area contributed by atoms with E-state index in [1.54, 1.807) is 24.3 Å². The first-order valence-electron chi connectivity index (χ1n) is 10.6. The molecule has 3 amide bonds. The van der Waals surface area contributed by atoms with Crippen LogP contribution in [0.15, 0.2) is 54.6 Å². The molecule has 0 aliphatic carbocycles. The van der Waals surface area contributed by atoms with Crippen molar-refractivity contribution in [3.63, 3.8) is 0 Å². The van der Waals surface area contributed by atoms with Gasteiger partial charge in [0.05, 0.1) is 24.8 Å². The van der Waals surface area contributed by atoms with E-state index >= 15 is 0 Å². The number of rotatable bonds is 7. The molecule has 0 radical (unpaired) electrons. The zero-order chi connectivity index (χ0) is 24.1. The van der Waals surface area contributed by atoms with Gasteiger partial charge in [0.15, 0.2) is 10.8 Å². The summed E-state index contributed by atoms with van der Waals surface area (Å²) >= 11 is 1.18. The van der Waals surface area contributed by atoms with Crippen LogP contribution in [0.2, 0.25) is 0 Å². The Hall–Kier alpha value is -4.05.